The van der Waals surface area contributed by atoms with E-state index in [2.05, 4.69) is 32.9 Å². The number of oxime groups is 1. The van der Waals surface area contributed by atoms with Crippen molar-refractivity contribution in [2.45, 2.75) is 34.1 Å². The first kappa shape index (κ1) is 9.47. The Morgan fingerprint density at radius 2 is 1.90 bits per heavy atom. The van der Waals surface area contributed by atoms with Gasteiger partial charge in [0, 0.05) is 5.41 Å². The van der Waals surface area contributed by atoms with Gasteiger partial charge in [-0.2, -0.15) is 0 Å². The predicted molar refractivity (Wildman–Crippen MR) is 44.2 cm³/mol. The third kappa shape index (κ3) is 2.85. The van der Waals surface area contributed by atoms with Crippen LogP contribution in [-0.2, 0) is 4.84 Å². The van der Waals surface area contributed by atoms with E-state index in [4.69, 9.17) is 4.84 Å². The monoisotopic (exact) mass is 143 g/mol. The van der Waals surface area contributed by atoms with Gasteiger partial charge in [0.15, 0.2) is 0 Å². The lowest BCUT2D eigenvalue weighted by molar-refractivity contribution is 0.208. The van der Waals surface area contributed by atoms with Gasteiger partial charge in [-0.3, -0.25) is 0 Å². The Hall–Kier alpha value is -0.530. The highest BCUT2D eigenvalue weighted by Crippen LogP contribution is 2.18. The summed E-state index contributed by atoms with van der Waals surface area (Å²) in [4.78, 5) is 4.71. The van der Waals surface area contributed by atoms with Gasteiger partial charge < -0.3 is 4.84 Å². The maximum atomic E-state index is 4.71. The topological polar surface area (TPSA) is 21.6 Å². The lowest BCUT2D eigenvalue weighted by atomic mass is 9.89. The van der Waals surface area contributed by atoms with E-state index in [0.29, 0.717) is 0 Å². The van der Waals surface area contributed by atoms with Crippen LogP contribution in [0.3, 0.4) is 0 Å². The molecule has 0 aliphatic rings. The third-order valence-corrected chi connectivity index (χ3v) is 1.40. The molecule has 60 valence electrons. The molecule has 0 aromatic rings. The van der Waals surface area contributed by atoms with Crippen molar-refractivity contribution in [2.75, 3.05) is 7.11 Å². The van der Waals surface area contributed by atoms with Gasteiger partial charge in [0.2, 0.25) is 0 Å². The molecule has 0 aliphatic heterocycles. The van der Waals surface area contributed by atoms with Crippen LogP contribution in [0.5, 0.6) is 0 Å². The molecule has 0 amide bonds. The summed E-state index contributed by atoms with van der Waals surface area (Å²) < 4.78 is 0. The van der Waals surface area contributed by atoms with Crippen LogP contribution >= 0.6 is 0 Å². The zero-order valence-corrected chi connectivity index (χ0v) is 7.56. The van der Waals surface area contributed by atoms with Crippen molar-refractivity contribution in [3.63, 3.8) is 0 Å². The fraction of sp³-hybridized carbons (Fsp3) is 0.875. The molecule has 0 unspecified atom stereocenters. The minimum absolute atomic E-state index is 0.144. The lowest BCUT2D eigenvalue weighted by Crippen LogP contribution is -2.19. The Morgan fingerprint density at radius 3 is 2.00 bits per heavy atom. The van der Waals surface area contributed by atoms with Crippen LogP contribution in [0.15, 0.2) is 5.16 Å². The molecule has 0 bridgehead atoms. The van der Waals surface area contributed by atoms with E-state index < -0.39 is 0 Å². The smallest absolute Gasteiger partial charge is 0.106 e. The van der Waals surface area contributed by atoms with Gasteiger partial charge in [-0.1, -0.05) is 32.9 Å². The van der Waals surface area contributed by atoms with Crippen LogP contribution in [-0.4, -0.2) is 12.8 Å². The molecular formula is C8H17NO. The van der Waals surface area contributed by atoms with Crippen molar-refractivity contribution in [2.24, 2.45) is 10.6 Å². The summed E-state index contributed by atoms with van der Waals surface area (Å²) in [5, 5.41) is 3.93. The first-order chi connectivity index (χ1) is 4.52. The van der Waals surface area contributed by atoms with Crippen LogP contribution in [0, 0.1) is 5.41 Å². The molecule has 0 rings (SSSR count). The number of nitrogens with zero attached hydrogens (tertiary/aromatic N) is 1. The van der Waals surface area contributed by atoms with Gasteiger partial charge in [0.05, 0.1) is 5.71 Å². The second-order valence-electron chi connectivity index (χ2n) is 3.32. The molecule has 0 saturated carbocycles. The summed E-state index contributed by atoms with van der Waals surface area (Å²) in [6.07, 6.45) is 0.956. The van der Waals surface area contributed by atoms with E-state index >= 15 is 0 Å². The quantitative estimate of drug-likeness (QED) is 0.430. The highest BCUT2D eigenvalue weighted by Gasteiger charge is 2.17. The molecule has 2 heteroatoms. The van der Waals surface area contributed by atoms with Crippen molar-refractivity contribution in [1.82, 2.24) is 0 Å². The molecule has 0 radical (unpaired) electrons. The Balaban J connectivity index is 4.21. The van der Waals surface area contributed by atoms with Gasteiger partial charge in [-0.25, -0.2) is 0 Å². The summed E-state index contributed by atoms with van der Waals surface area (Å²) in [5.41, 5.74) is 1.25. The fourth-order valence-electron chi connectivity index (χ4n) is 0.842. The van der Waals surface area contributed by atoms with E-state index in [9.17, 15) is 0 Å². The van der Waals surface area contributed by atoms with Crippen LogP contribution < -0.4 is 0 Å². The molecule has 0 saturated heterocycles. The molecule has 0 aromatic carbocycles. The summed E-state index contributed by atoms with van der Waals surface area (Å²) in [6.45, 7) is 8.49. The Kier molecular flexibility index (Phi) is 3.40. The zero-order valence-electron chi connectivity index (χ0n) is 7.56. The molecular weight excluding hydrogens is 126 g/mol. The number of hydrogen-bond acceptors (Lipinski definition) is 2. The number of hydrogen-bond donors (Lipinski definition) is 0. The van der Waals surface area contributed by atoms with Crippen molar-refractivity contribution < 1.29 is 4.84 Å². The Bertz CT molecular complexity index is 122. The molecule has 0 heterocycles. The third-order valence-electron chi connectivity index (χ3n) is 1.40. The largest absolute Gasteiger partial charge is 0.399 e. The molecule has 2 nitrogen and oxygen atoms in total. The Morgan fingerprint density at radius 1 is 1.40 bits per heavy atom. The van der Waals surface area contributed by atoms with Gasteiger partial charge in [-0.05, 0) is 6.42 Å². The second kappa shape index (κ2) is 3.59. The van der Waals surface area contributed by atoms with E-state index in [1.54, 1.807) is 7.11 Å². The van der Waals surface area contributed by atoms with E-state index in [1.165, 1.54) is 0 Å². The summed E-state index contributed by atoms with van der Waals surface area (Å²) in [5.74, 6) is 0. The molecule has 0 aromatic heterocycles. The molecule has 0 aliphatic carbocycles. The average molecular weight is 143 g/mol. The van der Waals surface area contributed by atoms with Gasteiger partial charge in [0.1, 0.15) is 7.11 Å². The van der Waals surface area contributed by atoms with Gasteiger partial charge in [-0.15, -0.1) is 0 Å². The molecule has 0 N–H and O–H groups in total. The standard InChI is InChI=1S/C8H17NO/c1-6-7(9-10-5)8(2,3)4/h6H2,1-5H3/b9-7+. The first-order valence-corrected chi connectivity index (χ1v) is 3.63. The summed E-state index contributed by atoms with van der Waals surface area (Å²) in [7, 11) is 1.58. The van der Waals surface area contributed by atoms with Crippen LogP contribution in [0.25, 0.3) is 0 Å². The zero-order chi connectivity index (χ0) is 8.20. The van der Waals surface area contributed by atoms with Crippen molar-refractivity contribution in [1.29, 1.82) is 0 Å². The van der Waals surface area contributed by atoms with Crippen molar-refractivity contribution in [3.8, 4) is 0 Å². The normalized spacial score (nSPS) is 13.5. The van der Waals surface area contributed by atoms with Crippen molar-refractivity contribution >= 4 is 5.71 Å². The van der Waals surface area contributed by atoms with Crippen LogP contribution in [0.1, 0.15) is 34.1 Å². The maximum Gasteiger partial charge on any atom is 0.106 e. The van der Waals surface area contributed by atoms with Crippen LogP contribution in [0.2, 0.25) is 0 Å². The number of rotatable bonds is 2. The summed E-state index contributed by atoms with van der Waals surface area (Å²) in [6, 6.07) is 0. The minimum atomic E-state index is 0.144. The fourth-order valence-corrected chi connectivity index (χ4v) is 0.842. The maximum absolute atomic E-state index is 4.71. The lowest BCUT2D eigenvalue weighted by Gasteiger charge is -2.18. The minimum Gasteiger partial charge on any atom is -0.399 e. The second-order valence-corrected chi connectivity index (χ2v) is 3.32. The van der Waals surface area contributed by atoms with E-state index in [0.717, 1.165) is 12.1 Å². The summed E-state index contributed by atoms with van der Waals surface area (Å²) >= 11 is 0. The van der Waals surface area contributed by atoms with E-state index in [-0.39, 0.29) is 5.41 Å². The Labute approximate surface area is 63.3 Å². The SMILES string of the molecule is CC/C(=N\OC)C(C)(C)C. The predicted octanol–water partition coefficient (Wildman–Crippen LogP) is 2.44. The van der Waals surface area contributed by atoms with E-state index in [1.807, 2.05) is 0 Å². The van der Waals surface area contributed by atoms with Gasteiger partial charge in [0.25, 0.3) is 0 Å². The molecule has 0 fully saturated rings. The molecule has 0 atom stereocenters. The highest BCUT2D eigenvalue weighted by molar-refractivity contribution is 5.88. The van der Waals surface area contributed by atoms with Gasteiger partial charge >= 0.3 is 0 Å². The first-order valence-electron chi connectivity index (χ1n) is 3.63. The van der Waals surface area contributed by atoms with Crippen LogP contribution in [0.4, 0.5) is 0 Å². The highest BCUT2D eigenvalue weighted by atomic mass is 16.6. The van der Waals surface area contributed by atoms with Crippen molar-refractivity contribution in [3.05, 3.63) is 0 Å². The molecule has 10 heavy (non-hydrogen) atoms. The molecule has 0 spiro atoms. The average Bonchev–Trinajstić information content (AvgIpc) is 1.80.